The second-order valence-corrected chi connectivity index (χ2v) is 5.85. The Morgan fingerprint density at radius 1 is 1.15 bits per heavy atom. The van der Waals surface area contributed by atoms with Gasteiger partial charge in [-0.1, -0.05) is 30.3 Å². The molecule has 144 valence electrons. The average molecular weight is 472 g/mol. The molecule has 2 aromatic rings. The molecule has 0 unspecified atom stereocenters. The summed E-state index contributed by atoms with van der Waals surface area (Å²) in [5, 5.41) is 6.48. The summed E-state index contributed by atoms with van der Waals surface area (Å²) in [4.78, 5) is 8.54. The predicted octanol–water partition coefficient (Wildman–Crippen LogP) is 3.57. The normalized spacial score (nSPS) is 11.1. The second-order valence-electron chi connectivity index (χ2n) is 5.85. The molecule has 2 N–H and O–H groups in total. The molecule has 1 aromatic carbocycles. The minimum absolute atomic E-state index is 0. The minimum atomic E-state index is 0. The average Bonchev–Trinajstić information content (AvgIpc) is 2.95. The van der Waals surface area contributed by atoms with Crippen LogP contribution in [0.4, 0.5) is 0 Å². The van der Waals surface area contributed by atoms with Crippen LogP contribution >= 0.6 is 24.0 Å². The van der Waals surface area contributed by atoms with Crippen LogP contribution in [-0.4, -0.2) is 31.1 Å². The van der Waals surface area contributed by atoms with Crippen molar-refractivity contribution in [3.05, 3.63) is 53.2 Å². The molecule has 0 bridgehead atoms. The van der Waals surface area contributed by atoms with Gasteiger partial charge >= 0.3 is 0 Å². The molecule has 7 heteroatoms. The quantitative estimate of drug-likeness (QED) is 0.253. The van der Waals surface area contributed by atoms with Crippen LogP contribution in [0.25, 0.3) is 0 Å². The first-order valence-corrected chi connectivity index (χ1v) is 8.68. The lowest BCUT2D eigenvalue weighted by Gasteiger charge is -2.10. The van der Waals surface area contributed by atoms with Gasteiger partial charge < -0.3 is 19.8 Å². The fraction of sp³-hybridized carbons (Fsp3) is 0.474. The Labute approximate surface area is 172 Å². The molecule has 6 nitrogen and oxygen atoms in total. The van der Waals surface area contributed by atoms with Gasteiger partial charge in [-0.05, 0) is 32.3 Å². The Morgan fingerprint density at radius 3 is 2.58 bits per heavy atom. The molecule has 0 spiro atoms. The largest absolute Gasteiger partial charge is 0.444 e. The highest BCUT2D eigenvalue weighted by atomic mass is 127. The van der Waals surface area contributed by atoms with E-state index < -0.39 is 0 Å². The van der Waals surface area contributed by atoms with Crippen LogP contribution in [0.2, 0.25) is 0 Å². The first-order chi connectivity index (χ1) is 12.2. The van der Waals surface area contributed by atoms with Crippen LogP contribution in [0.1, 0.15) is 35.7 Å². The molecule has 0 saturated heterocycles. The molecule has 0 amide bonds. The fourth-order valence-electron chi connectivity index (χ4n) is 2.29. The first kappa shape index (κ1) is 22.4. The summed E-state index contributed by atoms with van der Waals surface area (Å²) >= 11 is 0. The molecule has 0 aliphatic heterocycles. The van der Waals surface area contributed by atoms with E-state index in [2.05, 4.69) is 32.7 Å². The maximum absolute atomic E-state index is 5.68. The first-order valence-electron chi connectivity index (χ1n) is 8.68. The minimum Gasteiger partial charge on any atom is -0.444 e. The number of aromatic nitrogens is 1. The van der Waals surface area contributed by atoms with Gasteiger partial charge in [-0.25, -0.2) is 4.98 Å². The summed E-state index contributed by atoms with van der Waals surface area (Å²) in [5.41, 5.74) is 2.14. The van der Waals surface area contributed by atoms with Gasteiger partial charge in [0.25, 0.3) is 0 Å². The molecule has 26 heavy (non-hydrogen) atoms. The number of halogens is 1. The van der Waals surface area contributed by atoms with Gasteiger partial charge in [0, 0.05) is 20.2 Å². The highest BCUT2D eigenvalue weighted by molar-refractivity contribution is 14.0. The summed E-state index contributed by atoms with van der Waals surface area (Å²) in [6.45, 7) is 6.66. The number of ether oxygens (including phenoxy) is 1. The molecule has 2 rings (SSSR count). The zero-order chi connectivity index (χ0) is 17.9. The molecular formula is C19H29IN4O2. The summed E-state index contributed by atoms with van der Waals surface area (Å²) in [5.74, 6) is 2.28. The Balaban J connectivity index is 0.00000338. The topological polar surface area (TPSA) is 71.7 Å². The number of oxazole rings is 1. The highest BCUT2D eigenvalue weighted by Crippen LogP contribution is 2.07. The van der Waals surface area contributed by atoms with Gasteiger partial charge in [0.15, 0.2) is 5.96 Å². The monoisotopic (exact) mass is 472 g/mol. The van der Waals surface area contributed by atoms with E-state index in [9.17, 15) is 0 Å². The lowest BCUT2D eigenvalue weighted by molar-refractivity contribution is 0.117. The van der Waals surface area contributed by atoms with Crippen LogP contribution in [-0.2, 0) is 17.9 Å². The van der Waals surface area contributed by atoms with E-state index in [1.165, 1.54) is 5.56 Å². The van der Waals surface area contributed by atoms with Crippen molar-refractivity contribution < 1.29 is 9.15 Å². The Kier molecular flexibility index (Phi) is 11.0. The third-order valence-corrected chi connectivity index (χ3v) is 3.82. The summed E-state index contributed by atoms with van der Waals surface area (Å²) in [7, 11) is 1.75. The van der Waals surface area contributed by atoms with Crippen LogP contribution < -0.4 is 10.6 Å². The summed E-state index contributed by atoms with van der Waals surface area (Å²) in [6.07, 6.45) is 2.03. The van der Waals surface area contributed by atoms with Crippen molar-refractivity contribution in [2.75, 3.05) is 20.2 Å². The molecule has 1 aromatic heterocycles. The maximum Gasteiger partial charge on any atom is 0.214 e. The number of aliphatic imine (C=N–C) groups is 1. The number of benzene rings is 1. The van der Waals surface area contributed by atoms with Crippen molar-refractivity contribution in [2.45, 2.75) is 39.8 Å². The number of aryl methyl sites for hydroxylation is 2. The Hall–Kier alpha value is -1.61. The zero-order valence-electron chi connectivity index (χ0n) is 15.7. The van der Waals surface area contributed by atoms with E-state index in [1.54, 1.807) is 7.05 Å². The van der Waals surface area contributed by atoms with E-state index in [0.29, 0.717) is 19.0 Å². The van der Waals surface area contributed by atoms with Gasteiger partial charge in [0.2, 0.25) is 5.89 Å². The maximum atomic E-state index is 5.68. The van der Waals surface area contributed by atoms with Crippen molar-refractivity contribution in [1.82, 2.24) is 15.6 Å². The van der Waals surface area contributed by atoms with E-state index in [0.717, 1.165) is 43.4 Å². The van der Waals surface area contributed by atoms with E-state index in [1.807, 2.05) is 32.0 Å². The molecular weight excluding hydrogens is 443 g/mol. The summed E-state index contributed by atoms with van der Waals surface area (Å²) in [6, 6.07) is 10.2. The fourth-order valence-corrected chi connectivity index (χ4v) is 2.29. The number of rotatable bonds is 9. The van der Waals surface area contributed by atoms with Gasteiger partial charge in [-0.2, -0.15) is 0 Å². The van der Waals surface area contributed by atoms with Gasteiger partial charge in [0.1, 0.15) is 5.76 Å². The van der Waals surface area contributed by atoms with Crippen molar-refractivity contribution in [3.8, 4) is 0 Å². The lowest BCUT2D eigenvalue weighted by atomic mass is 10.2. The smallest absolute Gasteiger partial charge is 0.214 e. The molecule has 1 heterocycles. The van der Waals surface area contributed by atoms with E-state index in [-0.39, 0.29) is 24.0 Å². The number of guanidine groups is 1. The molecule has 0 aliphatic carbocycles. The number of hydrogen-bond acceptors (Lipinski definition) is 4. The van der Waals surface area contributed by atoms with Crippen LogP contribution in [0.3, 0.4) is 0 Å². The Bertz CT molecular complexity index is 639. The third kappa shape index (κ3) is 8.18. The van der Waals surface area contributed by atoms with Crippen molar-refractivity contribution >= 4 is 29.9 Å². The second kappa shape index (κ2) is 12.7. The number of nitrogens with one attached hydrogen (secondary N) is 2. The lowest BCUT2D eigenvalue weighted by Crippen LogP contribution is -2.37. The zero-order valence-corrected chi connectivity index (χ0v) is 18.1. The molecule has 0 aliphatic rings. The van der Waals surface area contributed by atoms with Crippen molar-refractivity contribution in [3.63, 3.8) is 0 Å². The molecule has 0 fully saturated rings. The molecule has 0 saturated carbocycles. The SMILES string of the molecule is CN=C(NCCCCOCc1ccccc1)NCc1nc(C)c(C)o1.I. The van der Waals surface area contributed by atoms with Crippen molar-refractivity contribution in [1.29, 1.82) is 0 Å². The van der Waals surface area contributed by atoms with E-state index in [4.69, 9.17) is 9.15 Å². The molecule has 0 atom stereocenters. The predicted molar refractivity (Wildman–Crippen MR) is 115 cm³/mol. The summed E-state index contributed by atoms with van der Waals surface area (Å²) < 4.78 is 11.2. The Morgan fingerprint density at radius 2 is 1.92 bits per heavy atom. The third-order valence-electron chi connectivity index (χ3n) is 3.82. The number of unbranched alkanes of at least 4 members (excludes halogenated alkanes) is 1. The standard InChI is InChI=1S/C19H28N4O2.HI/c1-15-16(2)25-18(23-15)13-22-19(20-3)21-11-7-8-12-24-14-17-9-5-4-6-10-17;/h4-6,9-10H,7-8,11-14H2,1-3H3,(H2,20,21,22);1H. The van der Waals surface area contributed by atoms with Crippen LogP contribution in [0.5, 0.6) is 0 Å². The van der Waals surface area contributed by atoms with Crippen LogP contribution in [0, 0.1) is 13.8 Å². The number of hydrogen-bond donors (Lipinski definition) is 2. The molecule has 0 radical (unpaired) electrons. The van der Waals surface area contributed by atoms with Gasteiger partial charge in [0.05, 0.1) is 18.8 Å². The highest BCUT2D eigenvalue weighted by Gasteiger charge is 2.06. The van der Waals surface area contributed by atoms with Crippen LogP contribution in [0.15, 0.2) is 39.7 Å². The van der Waals surface area contributed by atoms with Crippen molar-refractivity contribution in [2.24, 2.45) is 4.99 Å². The van der Waals surface area contributed by atoms with E-state index >= 15 is 0 Å². The number of nitrogens with zero attached hydrogens (tertiary/aromatic N) is 2. The van der Waals surface area contributed by atoms with Gasteiger partial charge in [-0.15, -0.1) is 24.0 Å². The van der Waals surface area contributed by atoms with Gasteiger partial charge in [-0.3, -0.25) is 4.99 Å².